The van der Waals surface area contributed by atoms with Crippen LogP contribution in [0.25, 0.3) is 0 Å². The smallest absolute Gasteiger partial charge is 0.193 e. The maximum Gasteiger partial charge on any atom is 0.193 e. The van der Waals surface area contributed by atoms with Crippen LogP contribution in [-0.2, 0) is 0 Å². The highest BCUT2D eigenvalue weighted by molar-refractivity contribution is 7.14. The Labute approximate surface area is 131 Å². The van der Waals surface area contributed by atoms with Crippen molar-refractivity contribution >= 4 is 22.3 Å². The van der Waals surface area contributed by atoms with Crippen molar-refractivity contribution in [3.63, 3.8) is 0 Å². The molecule has 21 heavy (non-hydrogen) atoms. The first-order valence-electron chi connectivity index (χ1n) is 8.11. The molecule has 0 aromatic carbocycles. The fourth-order valence-corrected chi connectivity index (χ4v) is 4.16. The fourth-order valence-electron chi connectivity index (χ4n) is 3.37. The lowest BCUT2D eigenvalue weighted by molar-refractivity contribution is 0.369. The Morgan fingerprint density at radius 3 is 2.67 bits per heavy atom. The quantitative estimate of drug-likeness (QED) is 0.688. The van der Waals surface area contributed by atoms with Gasteiger partial charge in [0.05, 0.1) is 5.00 Å². The first-order chi connectivity index (χ1) is 10.4. The molecule has 5 heteroatoms. The number of piperazine rings is 1. The van der Waals surface area contributed by atoms with E-state index in [0.29, 0.717) is 0 Å². The molecule has 2 fully saturated rings. The number of rotatable bonds is 3. The van der Waals surface area contributed by atoms with Gasteiger partial charge in [0.25, 0.3) is 0 Å². The molecule has 0 bridgehead atoms. The van der Waals surface area contributed by atoms with Crippen molar-refractivity contribution < 1.29 is 0 Å². The number of hydrogen-bond acceptors (Lipinski definition) is 3. The largest absolute Gasteiger partial charge is 0.360 e. The van der Waals surface area contributed by atoms with Gasteiger partial charge in [-0.25, -0.2) is 0 Å². The molecule has 2 heterocycles. The van der Waals surface area contributed by atoms with Crippen LogP contribution in [0.4, 0.5) is 5.00 Å². The van der Waals surface area contributed by atoms with Gasteiger partial charge in [0.15, 0.2) is 5.96 Å². The van der Waals surface area contributed by atoms with Crippen LogP contribution in [0.2, 0.25) is 0 Å². The summed E-state index contributed by atoms with van der Waals surface area (Å²) in [4.78, 5) is 9.36. The van der Waals surface area contributed by atoms with Crippen LogP contribution in [-0.4, -0.2) is 50.6 Å². The third kappa shape index (κ3) is 3.70. The van der Waals surface area contributed by atoms with E-state index in [2.05, 4.69) is 37.6 Å². The van der Waals surface area contributed by atoms with Gasteiger partial charge in [0.1, 0.15) is 0 Å². The maximum absolute atomic E-state index is 4.48. The predicted molar refractivity (Wildman–Crippen MR) is 91.4 cm³/mol. The topological polar surface area (TPSA) is 30.9 Å². The monoisotopic (exact) mass is 306 g/mol. The number of aliphatic imine (C=N–C) groups is 1. The van der Waals surface area contributed by atoms with E-state index in [1.54, 1.807) is 0 Å². The van der Waals surface area contributed by atoms with Gasteiger partial charge >= 0.3 is 0 Å². The summed E-state index contributed by atoms with van der Waals surface area (Å²) >= 11 is 1.83. The Bertz CT molecular complexity index is 443. The first kappa shape index (κ1) is 14.7. The van der Waals surface area contributed by atoms with E-state index in [4.69, 9.17) is 0 Å². The third-order valence-corrected chi connectivity index (χ3v) is 5.56. The van der Waals surface area contributed by atoms with Crippen molar-refractivity contribution in [3.8, 4) is 0 Å². The van der Waals surface area contributed by atoms with Crippen molar-refractivity contribution in [1.82, 2.24) is 10.2 Å². The molecule has 3 rings (SSSR count). The van der Waals surface area contributed by atoms with Gasteiger partial charge in [-0.2, -0.15) is 0 Å². The molecule has 0 atom stereocenters. The van der Waals surface area contributed by atoms with Gasteiger partial charge in [-0.15, -0.1) is 11.3 Å². The highest BCUT2D eigenvalue weighted by Gasteiger charge is 2.21. The Balaban J connectivity index is 1.47. The number of anilines is 1. The van der Waals surface area contributed by atoms with Gasteiger partial charge in [-0.1, -0.05) is 12.8 Å². The molecular weight excluding hydrogens is 280 g/mol. The zero-order valence-corrected chi connectivity index (χ0v) is 13.7. The van der Waals surface area contributed by atoms with Gasteiger partial charge in [0, 0.05) is 39.8 Å². The summed E-state index contributed by atoms with van der Waals surface area (Å²) in [5.41, 5.74) is 0. The predicted octanol–water partition coefficient (Wildman–Crippen LogP) is 2.64. The summed E-state index contributed by atoms with van der Waals surface area (Å²) in [6, 6.07) is 4.35. The fraction of sp³-hybridized carbons (Fsp3) is 0.688. The molecule has 116 valence electrons. The van der Waals surface area contributed by atoms with Crippen LogP contribution >= 0.6 is 11.3 Å². The first-order valence-corrected chi connectivity index (χ1v) is 8.99. The molecule has 1 saturated heterocycles. The molecule has 1 aliphatic heterocycles. The third-order valence-electron chi connectivity index (χ3n) is 4.63. The van der Waals surface area contributed by atoms with E-state index in [1.807, 2.05) is 18.4 Å². The molecule has 1 saturated carbocycles. The summed E-state index contributed by atoms with van der Waals surface area (Å²) < 4.78 is 0. The van der Waals surface area contributed by atoms with Crippen LogP contribution in [0, 0.1) is 5.92 Å². The Hall–Kier alpha value is -1.23. The molecule has 0 spiro atoms. The van der Waals surface area contributed by atoms with Crippen molar-refractivity contribution in [1.29, 1.82) is 0 Å². The highest BCUT2D eigenvalue weighted by atomic mass is 32.1. The van der Waals surface area contributed by atoms with Gasteiger partial charge < -0.3 is 15.1 Å². The molecule has 1 N–H and O–H groups in total. The minimum Gasteiger partial charge on any atom is -0.360 e. The minimum absolute atomic E-state index is 0.856. The second kappa shape index (κ2) is 7.16. The lowest BCUT2D eigenvalue weighted by Gasteiger charge is -2.37. The average Bonchev–Trinajstić information content (AvgIpc) is 3.22. The molecule has 1 aromatic heterocycles. The summed E-state index contributed by atoms with van der Waals surface area (Å²) in [6.07, 6.45) is 5.58. The van der Waals surface area contributed by atoms with Crippen LogP contribution in [0.3, 0.4) is 0 Å². The number of hydrogen-bond donors (Lipinski definition) is 1. The molecule has 0 amide bonds. The second-order valence-corrected chi connectivity index (χ2v) is 6.93. The lowest BCUT2D eigenvalue weighted by Crippen LogP contribution is -2.53. The van der Waals surface area contributed by atoms with Crippen molar-refractivity contribution in [2.24, 2.45) is 10.9 Å². The number of guanidine groups is 1. The normalized spacial score (nSPS) is 21.1. The number of thiophene rings is 1. The van der Waals surface area contributed by atoms with Gasteiger partial charge in [0.2, 0.25) is 0 Å². The van der Waals surface area contributed by atoms with Crippen LogP contribution in [0.1, 0.15) is 25.7 Å². The summed E-state index contributed by atoms with van der Waals surface area (Å²) in [6.45, 7) is 5.39. The molecule has 0 unspecified atom stereocenters. The minimum atomic E-state index is 0.856. The zero-order chi connectivity index (χ0) is 14.5. The van der Waals surface area contributed by atoms with E-state index in [1.165, 1.54) is 30.7 Å². The van der Waals surface area contributed by atoms with Gasteiger partial charge in [-0.05, 0) is 36.3 Å². The molecule has 1 aromatic rings. The average molecular weight is 306 g/mol. The number of nitrogens with one attached hydrogen (secondary N) is 1. The molecule has 4 nitrogen and oxygen atoms in total. The van der Waals surface area contributed by atoms with Crippen molar-refractivity contribution in [2.75, 3.05) is 44.7 Å². The lowest BCUT2D eigenvalue weighted by atomic mass is 10.1. The summed E-state index contributed by atoms with van der Waals surface area (Å²) in [7, 11) is 1.91. The number of nitrogens with zero attached hydrogens (tertiary/aromatic N) is 3. The van der Waals surface area contributed by atoms with Crippen molar-refractivity contribution in [3.05, 3.63) is 17.5 Å². The van der Waals surface area contributed by atoms with Crippen LogP contribution in [0.15, 0.2) is 22.5 Å². The summed E-state index contributed by atoms with van der Waals surface area (Å²) in [5.74, 6) is 1.95. The Morgan fingerprint density at radius 1 is 1.29 bits per heavy atom. The molecule has 0 radical (unpaired) electrons. The second-order valence-electron chi connectivity index (χ2n) is 6.00. The van der Waals surface area contributed by atoms with Crippen LogP contribution < -0.4 is 10.2 Å². The van der Waals surface area contributed by atoms with E-state index < -0.39 is 0 Å². The van der Waals surface area contributed by atoms with Gasteiger partial charge in [-0.3, -0.25) is 4.99 Å². The molecular formula is C16H26N4S. The molecule has 1 aliphatic carbocycles. The van der Waals surface area contributed by atoms with E-state index in [9.17, 15) is 0 Å². The standard InChI is InChI=1S/C16H26N4S/c1-17-16(18-13-14-5-2-3-6-14)20-10-8-19(9-11-20)15-7-4-12-21-15/h4,7,12,14H,2-3,5-6,8-11,13H2,1H3,(H,17,18). The van der Waals surface area contributed by atoms with Crippen LogP contribution in [0.5, 0.6) is 0 Å². The van der Waals surface area contributed by atoms with Crippen molar-refractivity contribution in [2.45, 2.75) is 25.7 Å². The summed E-state index contributed by atoms with van der Waals surface area (Å²) in [5, 5.41) is 7.14. The van der Waals surface area contributed by atoms with E-state index >= 15 is 0 Å². The maximum atomic E-state index is 4.48. The molecule has 2 aliphatic rings. The SMILES string of the molecule is CN=C(NCC1CCCC1)N1CCN(c2cccs2)CC1. The zero-order valence-electron chi connectivity index (χ0n) is 12.9. The Morgan fingerprint density at radius 2 is 2.05 bits per heavy atom. The van der Waals surface area contributed by atoms with E-state index in [-0.39, 0.29) is 0 Å². The highest BCUT2D eigenvalue weighted by Crippen LogP contribution is 2.24. The Kier molecular flexibility index (Phi) is 5.01. The van der Waals surface area contributed by atoms with E-state index in [0.717, 1.165) is 44.6 Å².